The minimum absolute atomic E-state index is 0.179. The molecular formula is C15H13N3O3. The zero-order chi connectivity index (χ0) is 14.5. The molecule has 21 heavy (non-hydrogen) atoms. The SMILES string of the molecule is COc1ccccc1OCc1nc(-c2ccncc2)no1. The van der Waals surface area contributed by atoms with E-state index in [1.165, 1.54) is 0 Å². The molecule has 0 N–H and O–H groups in total. The molecule has 0 amide bonds. The first kappa shape index (κ1) is 13.1. The van der Waals surface area contributed by atoms with Gasteiger partial charge in [0.2, 0.25) is 5.82 Å². The van der Waals surface area contributed by atoms with Gasteiger partial charge in [-0.2, -0.15) is 4.98 Å². The highest BCUT2D eigenvalue weighted by Gasteiger charge is 2.10. The van der Waals surface area contributed by atoms with Crippen molar-refractivity contribution in [2.75, 3.05) is 7.11 Å². The Morgan fingerprint density at radius 1 is 1.05 bits per heavy atom. The number of methoxy groups -OCH3 is 1. The molecule has 2 heterocycles. The maximum absolute atomic E-state index is 5.63. The van der Waals surface area contributed by atoms with Crippen LogP contribution in [-0.4, -0.2) is 22.2 Å². The van der Waals surface area contributed by atoms with E-state index in [2.05, 4.69) is 15.1 Å². The van der Waals surface area contributed by atoms with Crippen molar-refractivity contribution in [3.63, 3.8) is 0 Å². The number of hydrogen-bond acceptors (Lipinski definition) is 6. The van der Waals surface area contributed by atoms with Crippen molar-refractivity contribution in [2.24, 2.45) is 0 Å². The number of para-hydroxylation sites is 2. The third kappa shape index (κ3) is 3.00. The molecule has 6 heteroatoms. The first-order valence-electron chi connectivity index (χ1n) is 6.35. The molecule has 3 aromatic rings. The first-order chi connectivity index (χ1) is 10.4. The third-order valence-electron chi connectivity index (χ3n) is 2.83. The van der Waals surface area contributed by atoms with Crippen LogP contribution in [0.1, 0.15) is 5.89 Å². The summed E-state index contributed by atoms with van der Waals surface area (Å²) in [5, 5.41) is 3.92. The minimum Gasteiger partial charge on any atom is -0.493 e. The summed E-state index contributed by atoms with van der Waals surface area (Å²) in [6.45, 7) is 0.179. The lowest BCUT2D eigenvalue weighted by Gasteiger charge is -2.07. The lowest BCUT2D eigenvalue weighted by atomic mass is 10.2. The smallest absolute Gasteiger partial charge is 0.264 e. The molecule has 0 saturated heterocycles. The second-order valence-electron chi connectivity index (χ2n) is 4.19. The van der Waals surface area contributed by atoms with Crippen LogP contribution in [0.5, 0.6) is 11.5 Å². The maximum Gasteiger partial charge on any atom is 0.264 e. The molecule has 1 aromatic carbocycles. The zero-order valence-corrected chi connectivity index (χ0v) is 11.4. The van der Waals surface area contributed by atoms with Crippen molar-refractivity contribution in [1.82, 2.24) is 15.1 Å². The molecule has 0 unspecified atom stereocenters. The second-order valence-corrected chi connectivity index (χ2v) is 4.19. The molecule has 3 rings (SSSR count). The average molecular weight is 283 g/mol. The Morgan fingerprint density at radius 2 is 1.81 bits per heavy atom. The van der Waals surface area contributed by atoms with Crippen molar-refractivity contribution >= 4 is 0 Å². The summed E-state index contributed by atoms with van der Waals surface area (Å²) in [5.41, 5.74) is 0.845. The van der Waals surface area contributed by atoms with Crippen LogP contribution >= 0.6 is 0 Å². The van der Waals surface area contributed by atoms with Gasteiger partial charge in [0.25, 0.3) is 5.89 Å². The minimum atomic E-state index is 0.179. The molecule has 0 fully saturated rings. The molecule has 6 nitrogen and oxygen atoms in total. The summed E-state index contributed by atoms with van der Waals surface area (Å²) in [4.78, 5) is 8.23. The van der Waals surface area contributed by atoms with Crippen LogP contribution in [0.2, 0.25) is 0 Å². The fraction of sp³-hybridized carbons (Fsp3) is 0.133. The Hall–Kier alpha value is -2.89. The van der Waals surface area contributed by atoms with E-state index < -0.39 is 0 Å². The van der Waals surface area contributed by atoms with Crippen LogP contribution in [0.15, 0.2) is 53.3 Å². The van der Waals surface area contributed by atoms with Crippen molar-refractivity contribution < 1.29 is 14.0 Å². The number of ether oxygens (including phenoxy) is 2. The van der Waals surface area contributed by atoms with Crippen molar-refractivity contribution in [3.8, 4) is 22.9 Å². The predicted octanol–water partition coefficient (Wildman–Crippen LogP) is 2.72. The quantitative estimate of drug-likeness (QED) is 0.717. The number of pyridine rings is 1. The fourth-order valence-corrected chi connectivity index (χ4v) is 1.81. The van der Waals surface area contributed by atoms with Gasteiger partial charge in [0.1, 0.15) is 0 Å². The highest BCUT2D eigenvalue weighted by Crippen LogP contribution is 2.26. The van der Waals surface area contributed by atoms with E-state index in [1.807, 2.05) is 36.4 Å². The van der Waals surface area contributed by atoms with Crippen LogP contribution in [-0.2, 0) is 6.61 Å². The third-order valence-corrected chi connectivity index (χ3v) is 2.83. The normalized spacial score (nSPS) is 10.3. The van der Waals surface area contributed by atoms with Crippen molar-refractivity contribution in [3.05, 3.63) is 54.7 Å². The molecule has 106 valence electrons. The molecule has 0 spiro atoms. The van der Waals surface area contributed by atoms with Crippen LogP contribution in [0.25, 0.3) is 11.4 Å². The van der Waals surface area contributed by atoms with Gasteiger partial charge >= 0.3 is 0 Å². The van der Waals surface area contributed by atoms with Gasteiger partial charge in [-0.1, -0.05) is 17.3 Å². The summed E-state index contributed by atoms with van der Waals surface area (Å²) >= 11 is 0. The fourth-order valence-electron chi connectivity index (χ4n) is 1.81. The van der Waals surface area contributed by atoms with E-state index >= 15 is 0 Å². The Morgan fingerprint density at radius 3 is 2.57 bits per heavy atom. The molecule has 0 aliphatic carbocycles. The van der Waals surface area contributed by atoms with E-state index in [0.717, 1.165) is 5.56 Å². The number of nitrogens with zero attached hydrogens (tertiary/aromatic N) is 3. The second kappa shape index (κ2) is 6.04. The largest absolute Gasteiger partial charge is 0.493 e. The lowest BCUT2D eigenvalue weighted by molar-refractivity contribution is 0.233. The Labute approximate surface area is 121 Å². The molecule has 0 aliphatic rings. The van der Waals surface area contributed by atoms with Gasteiger partial charge in [0.15, 0.2) is 18.1 Å². The van der Waals surface area contributed by atoms with Crippen LogP contribution in [0, 0.1) is 0 Å². The molecule has 0 aliphatic heterocycles. The van der Waals surface area contributed by atoms with Gasteiger partial charge in [0, 0.05) is 18.0 Å². The van der Waals surface area contributed by atoms with E-state index in [0.29, 0.717) is 23.2 Å². The van der Waals surface area contributed by atoms with E-state index in [-0.39, 0.29) is 6.61 Å². The number of aromatic nitrogens is 3. The molecule has 0 bridgehead atoms. The number of hydrogen-bond donors (Lipinski definition) is 0. The van der Waals surface area contributed by atoms with E-state index in [9.17, 15) is 0 Å². The Balaban J connectivity index is 1.71. The van der Waals surface area contributed by atoms with Crippen LogP contribution in [0.3, 0.4) is 0 Å². The van der Waals surface area contributed by atoms with Gasteiger partial charge in [0.05, 0.1) is 7.11 Å². The average Bonchev–Trinajstić information content (AvgIpc) is 3.03. The van der Waals surface area contributed by atoms with Crippen LogP contribution in [0.4, 0.5) is 0 Å². The number of benzene rings is 1. The predicted molar refractivity (Wildman–Crippen MR) is 74.9 cm³/mol. The Kier molecular flexibility index (Phi) is 3.77. The van der Waals surface area contributed by atoms with E-state index in [4.69, 9.17) is 14.0 Å². The highest BCUT2D eigenvalue weighted by atomic mass is 16.5. The van der Waals surface area contributed by atoms with Gasteiger partial charge in [-0.15, -0.1) is 0 Å². The molecule has 0 atom stereocenters. The topological polar surface area (TPSA) is 70.3 Å². The van der Waals surface area contributed by atoms with Crippen molar-refractivity contribution in [2.45, 2.75) is 6.61 Å². The Bertz CT molecular complexity index is 713. The summed E-state index contributed by atoms with van der Waals surface area (Å²) in [6.07, 6.45) is 3.35. The standard InChI is InChI=1S/C15H13N3O3/c1-19-12-4-2-3-5-13(12)20-10-14-17-15(18-21-14)11-6-8-16-9-7-11/h2-9H,10H2,1H3. The molecular weight excluding hydrogens is 270 g/mol. The first-order valence-corrected chi connectivity index (χ1v) is 6.35. The summed E-state index contributed by atoms with van der Waals surface area (Å²) in [5.74, 6) is 2.19. The summed E-state index contributed by atoms with van der Waals surface area (Å²) < 4.78 is 16.0. The monoisotopic (exact) mass is 283 g/mol. The van der Waals surface area contributed by atoms with Gasteiger partial charge in [-0.3, -0.25) is 4.98 Å². The lowest BCUT2D eigenvalue weighted by Crippen LogP contribution is -1.97. The summed E-state index contributed by atoms with van der Waals surface area (Å²) in [7, 11) is 1.59. The zero-order valence-electron chi connectivity index (χ0n) is 11.4. The van der Waals surface area contributed by atoms with Gasteiger partial charge < -0.3 is 14.0 Å². The highest BCUT2D eigenvalue weighted by molar-refractivity contribution is 5.52. The van der Waals surface area contributed by atoms with Crippen LogP contribution < -0.4 is 9.47 Å². The van der Waals surface area contributed by atoms with Gasteiger partial charge in [-0.05, 0) is 24.3 Å². The maximum atomic E-state index is 5.63. The van der Waals surface area contributed by atoms with Gasteiger partial charge in [-0.25, -0.2) is 0 Å². The molecule has 0 saturated carbocycles. The van der Waals surface area contributed by atoms with E-state index in [1.54, 1.807) is 19.5 Å². The van der Waals surface area contributed by atoms with Crippen molar-refractivity contribution in [1.29, 1.82) is 0 Å². The molecule has 2 aromatic heterocycles. The molecule has 0 radical (unpaired) electrons. The number of rotatable bonds is 5. The summed E-state index contributed by atoms with van der Waals surface area (Å²) in [6, 6.07) is 11.0.